The minimum atomic E-state index is -0.498. The molecule has 1 aliphatic rings. The van der Waals surface area contributed by atoms with Crippen LogP contribution in [0.3, 0.4) is 0 Å². The molecule has 2 aromatic carbocycles. The molecule has 1 atom stereocenters. The minimum absolute atomic E-state index is 0.0149. The van der Waals surface area contributed by atoms with Crippen molar-refractivity contribution in [2.24, 2.45) is 5.92 Å². The van der Waals surface area contributed by atoms with Gasteiger partial charge in [0.25, 0.3) is 0 Å². The van der Waals surface area contributed by atoms with Gasteiger partial charge in [0.2, 0.25) is 11.8 Å². The van der Waals surface area contributed by atoms with Crippen molar-refractivity contribution >= 4 is 33.4 Å². The Labute approximate surface area is 193 Å². The van der Waals surface area contributed by atoms with Gasteiger partial charge < -0.3 is 10.2 Å². The summed E-state index contributed by atoms with van der Waals surface area (Å²) >= 11 is 1.73. The van der Waals surface area contributed by atoms with Crippen LogP contribution in [0.15, 0.2) is 54.6 Å². The summed E-state index contributed by atoms with van der Waals surface area (Å²) in [6.07, 6.45) is 0.285. The van der Waals surface area contributed by atoms with Crippen molar-refractivity contribution in [3.05, 3.63) is 65.2 Å². The van der Waals surface area contributed by atoms with Gasteiger partial charge in [0, 0.05) is 26.2 Å². The van der Waals surface area contributed by atoms with Crippen molar-refractivity contribution in [2.45, 2.75) is 32.9 Å². The van der Waals surface area contributed by atoms with Gasteiger partial charge in [-0.2, -0.15) is 0 Å². The van der Waals surface area contributed by atoms with Gasteiger partial charge in [-0.1, -0.05) is 56.3 Å². The van der Waals surface area contributed by atoms with Crippen LogP contribution in [-0.4, -0.2) is 58.8 Å². The zero-order chi connectivity index (χ0) is 22.5. The second kappa shape index (κ2) is 10.2. The maximum Gasteiger partial charge on any atom is 0.245 e. The highest BCUT2D eigenvalue weighted by molar-refractivity contribution is 7.18. The molecule has 0 radical (unpaired) electrons. The maximum atomic E-state index is 13.2. The van der Waals surface area contributed by atoms with E-state index >= 15 is 0 Å². The molecule has 0 saturated carbocycles. The molecule has 2 amide bonds. The van der Waals surface area contributed by atoms with E-state index in [0.29, 0.717) is 13.1 Å². The van der Waals surface area contributed by atoms with Crippen molar-refractivity contribution in [2.75, 3.05) is 26.2 Å². The average Bonchev–Trinajstić information content (AvgIpc) is 3.20. The lowest BCUT2D eigenvalue weighted by molar-refractivity contribution is -0.139. The second-order valence-corrected chi connectivity index (χ2v) is 9.74. The van der Waals surface area contributed by atoms with Crippen LogP contribution < -0.4 is 5.32 Å². The predicted octanol–water partition coefficient (Wildman–Crippen LogP) is 3.32. The minimum Gasteiger partial charge on any atom is -0.344 e. The Hall–Kier alpha value is -2.77. The summed E-state index contributed by atoms with van der Waals surface area (Å²) in [5, 5.41) is 4.09. The van der Waals surface area contributed by atoms with Crippen LogP contribution in [0, 0.1) is 5.92 Å². The first-order valence-corrected chi connectivity index (χ1v) is 12.0. The van der Waals surface area contributed by atoms with Gasteiger partial charge in [-0.05, 0) is 23.6 Å². The van der Waals surface area contributed by atoms with Crippen LogP contribution in [0.5, 0.6) is 0 Å². The van der Waals surface area contributed by atoms with E-state index in [1.807, 2.05) is 67.3 Å². The van der Waals surface area contributed by atoms with E-state index in [-0.39, 0.29) is 24.2 Å². The molecule has 7 heteroatoms. The molecule has 6 nitrogen and oxygen atoms in total. The van der Waals surface area contributed by atoms with Crippen molar-refractivity contribution < 1.29 is 9.59 Å². The third kappa shape index (κ3) is 5.53. The van der Waals surface area contributed by atoms with Crippen LogP contribution in [0.2, 0.25) is 0 Å². The Morgan fingerprint density at radius 3 is 2.38 bits per heavy atom. The number of thiazole rings is 1. The molecule has 1 aliphatic heterocycles. The Kier molecular flexibility index (Phi) is 7.17. The standard InChI is InChI=1S/C25H30N4O2S/c1-18(2)24(27-22(30)16-19-8-4-3-5-9-19)25(31)29-14-12-28(13-15-29)17-23-26-20-10-6-7-11-21(20)32-23/h3-11,18,24H,12-17H2,1-2H3,(H,27,30)/t24-/m1/s1. The van der Waals surface area contributed by atoms with Gasteiger partial charge in [0.05, 0.1) is 23.2 Å². The first-order chi connectivity index (χ1) is 15.5. The molecule has 1 fully saturated rings. The van der Waals surface area contributed by atoms with Gasteiger partial charge in [-0.15, -0.1) is 11.3 Å². The fourth-order valence-corrected chi connectivity index (χ4v) is 5.03. The van der Waals surface area contributed by atoms with Gasteiger partial charge in [0.15, 0.2) is 0 Å². The zero-order valence-electron chi connectivity index (χ0n) is 18.7. The molecule has 0 spiro atoms. The average molecular weight is 451 g/mol. The topological polar surface area (TPSA) is 65.5 Å². The number of hydrogen-bond donors (Lipinski definition) is 1. The molecule has 0 aliphatic carbocycles. The quantitative estimate of drug-likeness (QED) is 0.600. The monoisotopic (exact) mass is 450 g/mol. The van der Waals surface area contributed by atoms with Crippen molar-refractivity contribution in [3.8, 4) is 0 Å². The Bertz CT molecular complexity index is 1030. The summed E-state index contributed by atoms with van der Waals surface area (Å²) in [4.78, 5) is 34.7. The number of para-hydroxylation sites is 1. The Morgan fingerprint density at radius 1 is 1.00 bits per heavy atom. The van der Waals surface area contributed by atoms with E-state index in [0.717, 1.165) is 35.7 Å². The Morgan fingerprint density at radius 2 is 1.69 bits per heavy atom. The lowest BCUT2D eigenvalue weighted by Crippen LogP contribution is -2.56. The third-order valence-corrected chi connectivity index (χ3v) is 6.86. The summed E-state index contributed by atoms with van der Waals surface area (Å²) in [5.74, 6) is -0.0678. The number of piperazine rings is 1. The molecule has 168 valence electrons. The first-order valence-electron chi connectivity index (χ1n) is 11.2. The summed E-state index contributed by atoms with van der Waals surface area (Å²) in [6, 6.07) is 17.3. The number of amides is 2. The largest absolute Gasteiger partial charge is 0.344 e. The van der Waals surface area contributed by atoms with E-state index < -0.39 is 6.04 Å². The molecule has 4 rings (SSSR count). The van der Waals surface area contributed by atoms with Crippen LogP contribution >= 0.6 is 11.3 Å². The number of carbonyl (C=O) groups excluding carboxylic acids is 2. The number of hydrogen-bond acceptors (Lipinski definition) is 5. The summed E-state index contributed by atoms with van der Waals surface area (Å²) in [5.41, 5.74) is 2.00. The molecule has 1 N–H and O–H groups in total. The van der Waals surface area contributed by atoms with Crippen molar-refractivity contribution in [3.63, 3.8) is 0 Å². The molecule has 3 aromatic rings. The van der Waals surface area contributed by atoms with Crippen LogP contribution in [0.25, 0.3) is 10.2 Å². The molecular weight excluding hydrogens is 420 g/mol. The lowest BCUT2D eigenvalue weighted by Gasteiger charge is -2.37. The fourth-order valence-electron chi connectivity index (χ4n) is 4.02. The number of carbonyl (C=O) groups is 2. The normalized spacial score (nSPS) is 15.8. The maximum absolute atomic E-state index is 13.2. The third-order valence-electron chi connectivity index (χ3n) is 5.84. The number of rotatable bonds is 7. The van der Waals surface area contributed by atoms with Crippen LogP contribution in [0.4, 0.5) is 0 Å². The summed E-state index contributed by atoms with van der Waals surface area (Å²) < 4.78 is 1.21. The number of aromatic nitrogens is 1. The zero-order valence-corrected chi connectivity index (χ0v) is 19.5. The van der Waals surface area contributed by atoms with Gasteiger partial charge in [-0.3, -0.25) is 14.5 Å². The number of fused-ring (bicyclic) bond motifs is 1. The van der Waals surface area contributed by atoms with E-state index in [1.165, 1.54) is 4.70 Å². The number of benzene rings is 2. The molecule has 0 unspecified atom stereocenters. The van der Waals surface area contributed by atoms with Gasteiger partial charge >= 0.3 is 0 Å². The highest BCUT2D eigenvalue weighted by atomic mass is 32.1. The molecule has 0 bridgehead atoms. The number of nitrogens with zero attached hydrogens (tertiary/aromatic N) is 3. The van der Waals surface area contributed by atoms with E-state index in [9.17, 15) is 9.59 Å². The predicted molar refractivity (Wildman–Crippen MR) is 128 cm³/mol. The van der Waals surface area contributed by atoms with Gasteiger partial charge in [0.1, 0.15) is 11.0 Å². The molecule has 1 saturated heterocycles. The highest BCUT2D eigenvalue weighted by Crippen LogP contribution is 2.23. The van der Waals surface area contributed by atoms with E-state index in [4.69, 9.17) is 4.98 Å². The summed E-state index contributed by atoms with van der Waals surface area (Å²) in [7, 11) is 0. The van der Waals surface area contributed by atoms with Crippen LogP contribution in [-0.2, 0) is 22.6 Å². The van der Waals surface area contributed by atoms with E-state index in [1.54, 1.807) is 11.3 Å². The SMILES string of the molecule is CC(C)[C@@H](NC(=O)Cc1ccccc1)C(=O)N1CCN(Cc2nc3ccccc3s2)CC1. The van der Waals surface area contributed by atoms with Gasteiger partial charge in [-0.25, -0.2) is 4.98 Å². The van der Waals surface area contributed by atoms with Crippen molar-refractivity contribution in [1.29, 1.82) is 0 Å². The Balaban J connectivity index is 1.30. The highest BCUT2D eigenvalue weighted by Gasteiger charge is 2.30. The first kappa shape index (κ1) is 22.4. The number of nitrogens with one attached hydrogen (secondary N) is 1. The lowest BCUT2D eigenvalue weighted by atomic mass is 10.0. The smallest absolute Gasteiger partial charge is 0.245 e. The summed E-state index contributed by atoms with van der Waals surface area (Å²) in [6.45, 7) is 7.73. The second-order valence-electron chi connectivity index (χ2n) is 8.63. The molecular formula is C25H30N4O2S. The van der Waals surface area contributed by atoms with Crippen LogP contribution in [0.1, 0.15) is 24.4 Å². The van der Waals surface area contributed by atoms with Crippen molar-refractivity contribution in [1.82, 2.24) is 20.1 Å². The molecule has 2 heterocycles. The molecule has 1 aromatic heterocycles. The van der Waals surface area contributed by atoms with E-state index in [2.05, 4.69) is 16.3 Å². The molecule has 32 heavy (non-hydrogen) atoms. The fraction of sp³-hybridized carbons (Fsp3) is 0.400.